The van der Waals surface area contributed by atoms with Crippen molar-refractivity contribution in [1.29, 1.82) is 0 Å². The molecule has 3 rings (SSSR count). The van der Waals surface area contributed by atoms with Crippen LogP contribution in [0.15, 0.2) is 42.6 Å². The highest BCUT2D eigenvalue weighted by atomic mass is 16.5. The molecule has 7 heteroatoms. The summed E-state index contributed by atoms with van der Waals surface area (Å²) in [6.45, 7) is 4.15. The van der Waals surface area contributed by atoms with E-state index in [1.165, 1.54) is 11.1 Å². The van der Waals surface area contributed by atoms with Gasteiger partial charge in [-0.2, -0.15) is 10.1 Å². The van der Waals surface area contributed by atoms with Crippen LogP contribution in [0.5, 0.6) is 11.5 Å². The van der Waals surface area contributed by atoms with E-state index in [0.717, 1.165) is 5.69 Å². The number of nitrogens with zero attached hydrogens (tertiary/aromatic N) is 3. The maximum absolute atomic E-state index is 5.36. The Kier molecular flexibility index (Phi) is 5.17. The lowest BCUT2D eigenvalue weighted by Crippen LogP contribution is -2.03. The van der Waals surface area contributed by atoms with Gasteiger partial charge in [-0.3, -0.25) is 0 Å². The number of ether oxygens (including phenoxy) is 2. The van der Waals surface area contributed by atoms with E-state index in [2.05, 4.69) is 51.8 Å². The molecule has 3 aromatic rings. The second-order valence-corrected chi connectivity index (χ2v) is 5.78. The summed E-state index contributed by atoms with van der Waals surface area (Å²) in [6, 6.07) is 11.6. The van der Waals surface area contributed by atoms with Crippen LogP contribution in [-0.4, -0.2) is 29.4 Å². The topological polar surface area (TPSA) is 81.2 Å². The van der Waals surface area contributed by atoms with Gasteiger partial charge in [0, 0.05) is 11.8 Å². The third-order valence-corrected chi connectivity index (χ3v) is 3.99. The van der Waals surface area contributed by atoms with Gasteiger partial charge in [0.25, 0.3) is 0 Å². The van der Waals surface area contributed by atoms with Crippen molar-refractivity contribution in [3.05, 3.63) is 53.7 Å². The summed E-state index contributed by atoms with van der Waals surface area (Å²) in [5.41, 5.74) is 4.08. The fraction of sp³-hybridized carbons (Fsp3) is 0.211. The average molecular weight is 351 g/mol. The molecule has 134 valence electrons. The van der Waals surface area contributed by atoms with Gasteiger partial charge in [0.2, 0.25) is 5.95 Å². The van der Waals surface area contributed by atoms with Crippen molar-refractivity contribution in [2.24, 2.45) is 0 Å². The lowest BCUT2D eigenvalue weighted by molar-refractivity contribution is 0.405. The van der Waals surface area contributed by atoms with Crippen molar-refractivity contribution in [1.82, 2.24) is 15.2 Å². The van der Waals surface area contributed by atoms with E-state index < -0.39 is 0 Å². The van der Waals surface area contributed by atoms with Crippen LogP contribution >= 0.6 is 0 Å². The van der Waals surface area contributed by atoms with Gasteiger partial charge in [-0.05, 0) is 49.2 Å². The minimum Gasteiger partial charge on any atom is -0.497 e. The molecule has 0 amide bonds. The fourth-order valence-corrected chi connectivity index (χ4v) is 2.42. The summed E-state index contributed by atoms with van der Waals surface area (Å²) in [4.78, 5) is 4.45. The zero-order valence-electron chi connectivity index (χ0n) is 15.2. The molecule has 2 N–H and O–H groups in total. The lowest BCUT2D eigenvalue weighted by atomic mass is 10.1. The van der Waals surface area contributed by atoms with Crippen molar-refractivity contribution >= 4 is 23.1 Å². The molecule has 0 radical (unpaired) electrons. The molecule has 0 spiro atoms. The fourth-order valence-electron chi connectivity index (χ4n) is 2.42. The summed E-state index contributed by atoms with van der Waals surface area (Å²) >= 11 is 0. The van der Waals surface area contributed by atoms with Crippen LogP contribution in [0.25, 0.3) is 0 Å². The number of hydrogen-bond acceptors (Lipinski definition) is 7. The number of methoxy groups -OCH3 is 2. The maximum Gasteiger partial charge on any atom is 0.249 e. The van der Waals surface area contributed by atoms with Crippen molar-refractivity contribution in [2.75, 3.05) is 24.9 Å². The smallest absolute Gasteiger partial charge is 0.249 e. The standard InChI is InChI=1S/C19H21N5O2/c1-12-5-6-14(9-13(12)2)21-18-11-20-24-19(23-18)22-16-10-15(25-3)7-8-17(16)26-4/h5-11H,1-4H3,(H2,21,22,23,24). The Labute approximate surface area is 152 Å². The van der Waals surface area contributed by atoms with E-state index >= 15 is 0 Å². The van der Waals surface area contributed by atoms with Crippen LogP contribution in [0.2, 0.25) is 0 Å². The van der Waals surface area contributed by atoms with Crippen LogP contribution in [0, 0.1) is 13.8 Å². The highest BCUT2D eigenvalue weighted by molar-refractivity contribution is 5.66. The molecule has 0 bridgehead atoms. The maximum atomic E-state index is 5.36. The number of anilines is 4. The van der Waals surface area contributed by atoms with Crippen LogP contribution in [0.1, 0.15) is 11.1 Å². The molecule has 0 aliphatic carbocycles. The molecule has 7 nitrogen and oxygen atoms in total. The number of hydrogen-bond donors (Lipinski definition) is 2. The Morgan fingerprint density at radius 2 is 1.73 bits per heavy atom. The lowest BCUT2D eigenvalue weighted by Gasteiger charge is -2.12. The molecule has 1 aromatic heterocycles. The summed E-state index contributed by atoms with van der Waals surface area (Å²) < 4.78 is 10.6. The Morgan fingerprint density at radius 1 is 0.885 bits per heavy atom. The Morgan fingerprint density at radius 3 is 2.46 bits per heavy atom. The first-order valence-electron chi connectivity index (χ1n) is 8.12. The number of benzene rings is 2. The third-order valence-electron chi connectivity index (χ3n) is 3.99. The summed E-state index contributed by atoms with van der Waals surface area (Å²) in [7, 11) is 3.21. The molecule has 0 unspecified atom stereocenters. The monoisotopic (exact) mass is 351 g/mol. The minimum atomic E-state index is 0.352. The molecule has 2 aromatic carbocycles. The van der Waals surface area contributed by atoms with Gasteiger partial charge in [-0.25, -0.2) is 0 Å². The van der Waals surface area contributed by atoms with Gasteiger partial charge in [-0.1, -0.05) is 6.07 Å². The van der Waals surface area contributed by atoms with Crippen molar-refractivity contribution < 1.29 is 9.47 Å². The number of nitrogens with one attached hydrogen (secondary N) is 2. The molecular weight excluding hydrogens is 330 g/mol. The van der Waals surface area contributed by atoms with E-state index in [9.17, 15) is 0 Å². The number of aromatic nitrogens is 3. The molecular formula is C19H21N5O2. The van der Waals surface area contributed by atoms with E-state index in [-0.39, 0.29) is 0 Å². The molecule has 0 aliphatic heterocycles. The Hall–Kier alpha value is -3.35. The summed E-state index contributed by atoms with van der Waals surface area (Å²) in [5.74, 6) is 2.30. The first kappa shape index (κ1) is 17.5. The summed E-state index contributed by atoms with van der Waals surface area (Å²) in [5, 5.41) is 14.4. The minimum absolute atomic E-state index is 0.352. The van der Waals surface area contributed by atoms with Crippen LogP contribution in [0.3, 0.4) is 0 Å². The SMILES string of the molecule is COc1ccc(OC)c(Nc2nncc(Nc3ccc(C)c(C)c3)n2)c1. The van der Waals surface area contributed by atoms with Gasteiger partial charge in [-0.15, -0.1) is 5.10 Å². The van der Waals surface area contributed by atoms with E-state index in [1.807, 2.05) is 24.3 Å². The van der Waals surface area contributed by atoms with E-state index in [0.29, 0.717) is 29.0 Å². The van der Waals surface area contributed by atoms with Crippen molar-refractivity contribution in [3.8, 4) is 11.5 Å². The predicted molar refractivity (Wildman–Crippen MR) is 102 cm³/mol. The first-order valence-corrected chi connectivity index (χ1v) is 8.12. The highest BCUT2D eigenvalue weighted by Gasteiger charge is 2.08. The van der Waals surface area contributed by atoms with Crippen LogP contribution < -0.4 is 20.1 Å². The molecule has 0 fully saturated rings. The molecule has 0 atom stereocenters. The largest absolute Gasteiger partial charge is 0.497 e. The van der Waals surface area contributed by atoms with Gasteiger partial charge < -0.3 is 20.1 Å². The molecule has 0 saturated heterocycles. The van der Waals surface area contributed by atoms with E-state index in [1.54, 1.807) is 20.4 Å². The second-order valence-electron chi connectivity index (χ2n) is 5.78. The zero-order chi connectivity index (χ0) is 18.5. The quantitative estimate of drug-likeness (QED) is 0.695. The zero-order valence-corrected chi connectivity index (χ0v) is 15.2. The molecule has 26 heavy (non-hydrogen) atoms. The van der Waals surface area contributed by atoms with Gasteiger partial charge in [0.15, 0.2) is 5.82 Å². The van der Waals surface area contributed by atoms with Crippen LogP contribution in [0.4, 0.5) is 23.1 Å². The highest BCUT2D eigenvalue weighted by Crippen LogP contribution is 2.30. The van der Waals surface area contributed by atoms with Gasteiger partial charge in [0.05, 0.1) is 26.1 Å². The molecule has 1 heterocycles. The first-order chi connectivity index (χ1) is 12.6. The normalized spacial score (nSPS) is 10.3. The molecule has 0 aliphatic rings. The summed E-state index contributed by atoms with van der Waals surface area (Å²) in [6.07, 6.45) is 1.57. The van der Waals surface area contributed by atoms with Crippen LogP contribution in [-0.2, 0) is 0 Å². The van der Waals surface area contributed by atoms with Crippen molar-refractivity contribution in [3.63, 3.8) is 0 Å². The average Bonchev–Trinajstić information content (AvgIpc) is 2.65. The second kappa shape index (κ2) is 7.69. The number of rotatable bonds is 6. The van der Waals surface area contributed by atoms with Gasteiger partial charge in [0.1, 0.15) is 11.5 Å². The number of aryl methyl sites for hydroxylation is 2. The predicted octanol–water partition coefficient (Wildman–Crippen LogP) is 3.99. The third kappa shape index (κ3) is 4.00. The van der Waals surface area contributed by atoms with Gasteiger partial charge >= 0.3 is 0 Å². The van der Waals surface area contributed by atoms with E-state index in [4.69, 9.17) is 9.47 Å². The molecule has 0 saturated carbocycles. The Bertz CT molecular complexity index is 914. The Balaban J connectivity index is 1.82. The van der Waals surface area contributed by atoms with Crippen molar-refractivity contribution in [2.45, 2.75) is 13.8 Å².